The zero-order valence-electron chi connectivity index (χ0n) is 9.80. The molecule has 0 aromatic carbocycles. The Morgan fingerprint density at radius 3 is 2.88 bits per heavy atom. The summed E-state index contributed by atoms with van der Waals surface area (Å²) in [5.41, 5.74) is 0.754. The van der Waals surface area contributed by atoms with Crippen LogP contribution in [-0.2, 0) is 0 Å². The first-order chi connectivity index (χ1) is 8.34. The number of nitrogens with zero attached hydrogens (tertiary/aromatic N) is 2. The van der Waals surface area contributed by atoms with Crippen molar-refractivity contribution in [2.75, 3.05) is 26.2 Å². The van der Waals surface area contributed by atoms with Gasteiger partial charge in [0, 0.05) is 31.0 Å². The summed E-state index contributed by atoms with van der Waals surface area (Å²) in [7, 11) is 0. The highest BCUT2D eigenvalue weighted by molar-refractivity contribution is 5.94. The zero-order valence-corrected chi connectivity index (χ0v) is 9.80. The Balaban J connectivity index is 1.71. The highest BCUT2D eigenvalue weighted by Crippen LogP contribution is 2.27. The second-order valence-corrected chi connectivity index (χ2v) is 4.95. The highest BCUT2D eigenvalue weighted by atomic mass is 16.2. The van der Waals surface area contributed by atoms with Crippen LogP contribution in [0.25, 0.3) is 0 Å². The molecule has 1 aromatic rings. The summed E-state index contributed by atoms with van der Waals surface area (Å²) in [4.78, 5) is 18.2. The fourth-order valence-electron chi connectivity index (χ4n) is 2.90. The van der Waals surface area contributed by atoms with Gasteiger partial charge in [0.15, 0.2) is 0 Å². The van der Waals surface area contributed by atoms with Gasteiger partial charge in [0.2, 0.25) is 0 Å². The normalized spacial score (nSPS) is 27.9. The molecule has 2 atom stereocenters. The molecule has 1 aromatic heterocycles. The summed E-state index contributed by atoms with van der Waals surface area (Å²) in [5.74, 6) is 1.57. The fraction of sp³-hybridized carbons (Fsp3) is 0.538. The fourth-order valence-corrected chi connectivity index (χ4v) is 2.90. The van der Waals surface area contributed by atoms with E-state index in [1.165, 1.54) is 0 Å². The van der Waals surface area contributed by atoms with Gasteiger partial charge in [-0.2, -0.15) is 0 Å². The number of piperidine rings is 1. The molecule has 0 aliphatic carbocycles. The number of carbonyl (C=O) groups excluding carboxylic acids is 1. The number of hydrogen-bond donors (Lipinski definition) is 1. The van der Waals surface area contributed by atoms with Crippen LogP contribution in [-0.4, -0.2) is 42.0 Å². The highest BCUT2D eigenvalue weighted by Gasteiger charge is 2.34. The molecule has 0 spiro atoms. The van der Waals surface area contributed by atoms with Gasteiger partial charge in [-0.25, -0.2) is 0 Å². The van der Waals surface area contributed by atoms with E-state index in [1.807, 2.05) is 4.90 Å². The van der Waals surface area contributed by atoms with E-state index in [2.05, 4.69) is 10.3 Å². The summed E-state index contributed by atoms with van der Waals surface area (Å²) in [5, 5.41) is 3.42. The van der Waals surface area contributed by atoms with Crippen molar-refractivity contribution in [2.45, 2.75) is 6.42 Å². The molecule has 17 heavy (non-hydrogen) atoms. The monoisotopic (exact) mass is 231 g/mol. The average Bonchev–Trinajstić information content (AvgIpc) is 2.86. The first-order valence-electron chi connectivity index (χ1n) is 6.24. The summed E-state index contributed by atoms with van der Waals surface area (Å²) >= 11 is 0. The van der Waals surface area contributed by atoms with Crippen LogP contribution in [0.4, 0.5) is 0 Å². The summed E-state index contributed by atoms with van der Waals surface area (Å²) in [6.45, 7) is 3.98. The molecule has 2 fully saturated rings. The van der Waals surface area contributed by atoms with Gasteiger partial charge in [-0.05, 0) is 43.5 Å². The van der Waals surface area contributed by atoms with E-state index < -0.39 is 0 Å². The van der Waals surface area contributed by atoms with Crippen LogP contribution >= 0.6 is 0 Å². The van der Waals surface area contributed by atoms with Crippen molar-refractivity contribution >= 4 is 5.91 Å². The molecule has 2 unspecified atom stereocenters. The van der Waals surface area contributed by atoms with Gasteiger partial charge in [-0.15, -0.1) is 0 Å². The lowest BCUT2D eigenvalue weighted by molar-refractivity contribution is 0.0642. The second kappa shape index (κ2) is 4.45. The number of fused-ring (bicyclic) bond motifs is 1. The quantitative estimate of drug-likeness (QED) is 0.776. The van der Waals surface area contributed by atoms with Crippen LogP contribution in [0.2, 0.25) is 0 Å². The molecule has 0 radical (unpaired) electrons. The number of nitrogens with one attached hydrogen (secondary N) is 1. The smallest absolute Gasteiger partial charge is 0.253 e. The van der Waals surface area contributed by atoms with E-state index in [4.69, 9.17) is 0 Å². The number of likely N-dealkylation sites (tertiary alicyclic amines) is 1. The average molecular weight is 231 g/mol. The molecule has 0 saturated carbocycles. The van der Waals surface area contributed by atoms with Gasteiger partial charge in [0.05, 0.1) is 0 Å². The maximum atomic E-state index is 12.3. The Morgan fingerprint density at radius 1 is 1.29 bits per heavy atom. The van der Waals surface area contributed by atoms with E-state index >= 15 is 0 Å². The molecule has 3 rings (SSSR count). The largest absolute Gasteiger partial charge is 0.338 e. The molecule has 2 aliphatic rings. The molecule has 2 saturated heterocycles. The van der Waals surface area contributed by atoms with Crippen molar-refractivity contribution in [2.24, 2.45) is 11.8 Å². The molecule has 1 amide bonds. The maximum Gasteiger partial charge on any atom is 0.253 e. The third-order valence-corrected chi connectivity index (χ3v) is 3.92. The van der Waals surface area contributed by atoms with Crippen molar-refractivity contribution in [3.05, 3.63) is 30.1 Å². The van der Waals surface area contributed by atoms with Gasteiger partial charge in [0.25, 0.3) is 5.91 Å². The van der Waals surface area contributed by atoms with E-state index in [1.54, 1.807) is 24.5 Å². The van der Waals surface area contributed by atoms with E-state index in [9.17, 15) is 4.79 Å². The van der Waals surface area contributed by atoms with Crippen LogP contribution in [0.3, 0.4) is 0 Å². The van der Waals surface area contributed by atoms with Crippen molar-refractivity contribution in [3.8, 4) is 0 Å². The Kier molecular flexibility index (Phi) is 2.81. The number of carbonyl (C=O) groups is 1. The van der Waals surface area contributed by atoms with Crippen LogP contribution in [0, 0.1) is 11.8 Å². The standard InChI is InChI=1S/C13H17N3O/c17-13(10-1-4-14-5-2-10)16-6-3-11-7-15-8-12(11)9-16/h1-2,4-5,11-12,15H,3,6-9H2. The Labute approximate surface area is 101 Å². The molecular weight excluding hydrogens is 214 g/mol. The van der Waals surface area contributed by atoms with Crippen LogP contribution in [0.1, 0.15) is 16.8 Å². The Bertz CT molecular complexity index is 406. The summed E-state index contributed by atoms with van der Waals surface area (Å²) < 4.78 is 0. The van der Waals surface area contributed by atoms with Gasteiger partial charge < -0.3 is 10.2 Å². The Morgan fingerprint density at radius 2 is 2.06 bits per heavy atom. The SMILES string of the molecule is O=C(c1ccncc1)N1CCC2CNCC2C1. The predicted octanol–water partition coefficient (Wildman–Crippen LogP) is 0.763. The van der Waals surface area contributed by atoms with Crippen LogP contribution in [0.15, 0.2) is 24.5 Å². The number of amides is 1. The summed E-state index contributed by atoms with van der Waals surface area (Å²) in [6, 6.07) is 3.59. The van der Waals surface area contributed by atoms with Gasteiger partial charge in [-0.3, -0.25) is 9.78 Å². The first kappa shape index (κ1) is 10.7. The molecular formula is C13H17N3O. The second-order valence-electron chi connectivity index (χ2n) is 4.95. The minimum absolute atomic E-state index is 0.151. The zero-order chi connectivity index (χ0) is 11.7. The van der Waals surface area contributed by atoms with Crippen LogP contribution in [0.5, 0.6) is 0 Å². The summed E-state index contributed by atoms with van der Waals surface area (Å²) in [6.07, 6.45) is 4.49. The lowest BCUT2D eigenvalue weighted by Crippen LogP contribution is -2.43. The number of aromatic nitrogens is 1. The lowest BCUT2D eigenvalue weighted by atomic mass is 9.88. The van der Waals surface area contributed by atoms with E-state index in [0.29, 0.717) is 5.92 Å². The van der Waals surface area contributed by atoms with Crippen molar-refractivity contribution in [1.29, 1.82) is 0 Å². The number of rotatable bonds is 1. The minimum Gasteiger partial charge on any atom is -0.338 e. The predicted molar refractivity (Wildman–Crippen MR) is 64.6 cm³/mol. The number of hydrogen-bond acceptors (Lipinski definition) is 3. The van der Waals surface area contributed by atoms with Gasteiger partial charge >= 0.3 is 0 Å². The van der Waals surface area contributed by atoms with Crippen molar-refractivity contribution in [3.63, 3.8) is 0 Å². The topological polar surface area (TPSA) is 45.2 Å². The Hall–Kier alpha value is -1.42. The van der Waals surface area contributed by atoms with Crippen LogP contribution < -0.4 is 5.32 Å². The molecule has 0 bridgehead atoms. The minimum atomic E-state index is 0.151. The van der Waals surface area contributed by atoms with E-state index in [0.717, 1.165) is 44.1 Å². The lowest BCUT2D eigenvalue weighted by Gasteiger charge is -2.34. The number of pyridine rings is 1. The van der Waals surface area contributed by atoms with Gasteiger partial charge in [0.1, 0.15) is 0 Å². The molecule has 4 heteroatoms. The van der Waals surface area contributed by atoms with E-state index in [-0.39, 0.29) is 5.91 Å². The molecule has 3 heterocycles. The maximum absolute atomic E-state index is 12.3. The molecule has 4 nitrogen and oxygen atoms in total. The van der Waals surface area contributed by atoms with Crippen molar-refractivity contribution < 1.29 is 4.79 Å². The first-order valence-corrected chi connectivity index (χ1v) is 6.24. The third kappa shape index (κ3) is 2.05. The molecule has 90 valence electrons. The van der Waals surface area contributed by atoms with Crippen molar-refractivity contribution in [1.82, 2.24) is 15.2 Å². The molecule has 2 aliphatic heterocycles. The third-order valence-electron chi connectivity index (χ3n) is 3.92. The van der Waals surface area contributed by atoms with Gasteiger partial charge in [-0.1, -0.05) is 0 Å². The molecule has 1 N–H and O–H groups in total.